The predicted molar refractivity (Wildman–Crippen MR) is 136 cm³/mol. The maximum atomic E-state index is 13.3. The molecule has 6 nitrogen and oxygen atoms in total. The fraction of sp³-hybridized carbons (Fsp3) is 0.571. The smallest absolute Gasteiger partial charge is 0.226 e. The molecular weight excluding hydrogens is 460 g/mol. The molecule has 5 atom stereocenters. The number of carbonyl (C=O) groups excluding carboxylic acids is 3. The van der Waals surface area contributed by atoms with Crippen molar-refractivity contribution < 1.29 is 19.1 Å². The molecule has 1 heterocycles. The molecule has 3 aliphatic carbocycles. The Bertz CT molecular complexity index is 1190. The van der Waals surface area contributed by atoms with Crippen LogP contribution in [0.5, 0.6) is 5.75 Å². The first-order valence-corrected chi connectivity index (χ1v) is 13.5. The van der Waals surface area contributed by atoms with Gasteiger partial charge < -0.3 is 10.1 Å². The van der Waals surface area contributed by atoms with Crippen molar-refractivity contribution in [3.8, 4) is 5.75 Å². The number of amides is 1. The largest absolute Gasteiger partial charge is 0.496 e. The fourth-order valence-corrected chi connectivity index (χ4v) is 7.96. The van der Waals surface area contributed by atoms with Gasteiger partial charge in [-0.2, -0.15) is 0 Å². The Morgan fingerprint density at radius 1 is 1.29 bits per heavy atom. The van der Waals surface area contributed by atoms with Crippen molar-refractivity contribution in [3.05, 3.63) is 39.9 Å². The predicted octanol–water partition coefficient (Wildman–Crippen LogP) is 5.73. The molecule has 1 aromatic carbocycles. The molecule has 0 saturated heterocycles. The number of aryl methyl sites for hydroxylation is 2. The lowest BCUT2D eigenvalue weighted by atomic mass is 9.54. The summed E-state index contributed by atoms with van der Waals surface area (Å²) in [6.07, 6.45) is 7.27. The minimum Gasteiger partial charge on any atom is -0.496 e. The summed E-state index contributed by atoms with van der Waals surface area (Å²) < 4.78 is 5.52. The molecule has 0 bridgehead atoms. The van der Waals surface area contributed by atoms with Crippen molar-refractivity contribution in [1.29, 1.82) is 0 Å². The monoisotopic (exact) mass is 494 g/mol. The Balaban J connectivity index is 1.38. The molecule has 3 aliphatic rings. The van der Waals surface area contributed by atoms with Gasteiger partial charge in [0.25, 0.3) is 0 Å². The van der Waals surface area contributed by atoms with Gasteiger partial charge in [0.2, 0.25) is 5.91 Å². The molecule has 2 saturated carbocycles. The Hall–Kier alpha value is -2.54. The average Bonchev–Trinajstić information content (AvgIpc) is 3.35. The summed E-state index contributed by atoms with van der Waals surface area (Å²) in [6.45, 7) is 5.72. The summed E-state index contributed by atoms with van der Waals surface area (Å²) in [4.78, 5) is 43.5. The normalized spacial score (nSPS) is 29.2. The molecule has 1 N–H and O–H groups in total. The van der Waals surface area contributed by atoms with Gasteiger partial charge in [-0.05, 0) is 92.9 Å². The van der Waals surface area contributed by atoms with Crippen LogP contribution in [0.2, 0.25) is 0 Å². The molecule has 5 unspecified atom stereocenters. The minimum absolute atomic E-state index is 0.0165. The van der Waals surface area contributed by atoms with E-state index in [-0.39, 0.29) is 28.9 Å². The number of benzene rings is 1. The van der Waals surface area contributed by atoms with E-state index in [1.54, 1.807) is 20.2 Å². The zero-order valence-corrected chi connectivity index (χ0v) is 21.8. The highest BCUT2D eigenvalue weighted by molar-refractivity contribution is 7.15. The van der Waals surface area contributed by atoms with Gasteiger partial charge in [-0.15, -0.1) is 11.3 Å². The Kier molecular flexibility index (Phi) is 6.32. The van der Waals surface area contributed by atoms with Gasteiger partial charge >= 0.3 is 0 Å². The van der Waals surface area contributed by atoms with Gasteiger partial charge in [-0.3, -0.25) is 14.4 Å². The first-order valence-electron chi connectivity index (χ1n) is 12.7. The molecule has 7 heteroatoms. The number of aromatic nitrogens is 1. The third-order valence-electron chi connectivity index (χ3n) is 8.88. The number of carbonyl (C=O) groups is 3. The number of nitrogens with one attached hydrogen (secondary N) is 1. The van der Waals surface area contributed by atoms with Crippen LogP contribution in [0.25, 0.3) is 0 Å². The van der Waals surface area contributed by atoms with E-state index >= 15 is 0 Å². The SMILES string of the molecule is COc1cc2c(cc1C(C)=O)C1CCC3(C)C(=O)CC(CCC(=O)Nc4ncc(C)s4)C3C1CC2. The molecular formula is C28H34N2O4S. The average molecular weight is 495 g/mol. The highest BCUT2D eigenvalue weighted by Gasteiger charge is 2.58. The third kappa shape index (κ3) is 4.22. The minimum atomic E-state index is -0.303. The molecule has 35 heavy (non-hydrogen) atoms. The van der Waals surface area contributed by atoms with E-state index in [1.165, 1.54) is 22.5 Å². The van der Waals surface area contributed by atoms with Gasteiger partial charge in [0.1, 0.15) is 11.5 Å². The highest BCUT2D eigenvalue weighted by Crippen LogP contribution is 2.62. The highest BCUT2D eigenvalue weighted by atomic mass is 32.1. The van der Waals surface area contributed by atoms with Crippen LogP contribution in [-0.2, 0) is 16.0 Å². The first kappa shape index (κ1) is 24.2. The fourth-order valence-electron chi connectivity index (χ4n) is 7.28. The number of Topliss-reactive ketones (excluding diaryl/α,β-unsaturated/α-hetero) is 2. The number of rotatable bonds is 6. The maximum Gasteiger partial charge on any atom is 0.226 e. The van der Waals surface area contributed by atoms with Crippen molar-refractivity contribution in [2.75, 3.05) is 12.4 Å². The number of hydrogen-bond donors (Lipinski definition) is 1. The van der Waals surface area contributed by atoms with Gasteiger partial charge in [0.05, 0.1) is 12.7 Å². The van der Waals surface area contributed by atoms with Crippen LogP contribution in [-0.4, -0.2) is 29.6 Å². The van der Waals surface area contributed by atoms with E-state index < -0.39 is 0 Å². The van der Waals surface area contributed by atoms with Gasteiger partial charge in [0, 0.05) is 29.3 Å². The van der Waals surface area contributed by atoms with Gasteiger partial charge in [0.15, 0.2) is 10.9 Å². The van der Waals surface area contributed by atoms with Gasteiger partial charge in [-0.1, -0.05) is 6.92 Å². The summed E-state index contributed by atoms with van der Waals surface area (Å²) in [5.41, 5.74) is 2.88. The molecule has 0 spiro atoms. The molecule has 1 amide bonds. The van der Waals surface area contributed by atoms with Crippen molar-refractivity contribution in [2.24, 2.45) is 23.2 Å². The molecule has 1 aromatic heterocycles. The van der Waals surface area contributed by atoms with Gasteiger partial charge in [-0.25, -0.2) is 4.98 Å². The molecule has 0 aliphatic heterocycles. The number of anilines is 1. The van der Waals surface area contributed by atoms with E-state index in [1.807, 2.05) is 6.92 Å². The van der Waals surface area contributed by atoms with E-state index in [0.717, 1.165) is 37.0 Å². The maximum absolute atomic E-state index is 13.3. The summed E-state index contributed by atoms with van der Waals surface area (Å²) in [5, 5.41) is 3.55. The second-order valence-corrected chi connectivity index (χ2v) is 12.1. The van der Waals surface area contributed by atoms with Crippen LogP contribution >= 0.6 is 11.3 Å². The lowest BCUT2D eigenvalue weighted by molar-refractivity contribution is -0.129. The molecule has 5 rings (SSSR count). The Morgan fingerprint density at radius 3 is 2.77 bits per heavy atom. The quantitative estimate of drug-likeness (QED) is 0.518. The number of ether oxygens (including phenoxy) is 1. The van der Waals surface area contributed by atoms with Crippen LogP contribution in [0.1, 0.15) is 84.7 Å². The van der Waals surface area contributed by atoms with E-state index in [4.69, 9.17) is 4.74 Å². The van der Waals surface area contributed by atoms with Crippen LogP contribution in [0.3, 0.4) is 0 Å². The Morgan fingerprint density at radius 2 is 2.09 bits per heavy atom. The molecule has 2 fully saturated rings. The number of ketones is 2. The van der Waals surface area contributed by atoms with Crippen molar-refractivity contribution in [1.82, 2.24) is 4.98 Å². The first-order chi connectivity index (χ1) is 16.7. The van der Waals surface area contributed by atoms with Crippen LogP contribution < -0.4 is 10.1 Å². The van der Waals surface area contributed by atoms with E-state index in [0.29, 0.717) is 46.9 Å². The molecule has 0 radical (unpaired) electrons. The van der Waals surface area contributed by atoms with Crippen LogP contribution in [0, 0.1) is 30.1 Å². The standard InChI is InChI=1S/C28H34N2O4S/c1-15-14-29-27(35-15)30-25(33)8-6-18-12-24(32)28(3)10-9-19-20(26(18)28)7-5-17-11-23(34-4)21(16(2)31)13-22(17)19/h11,13-14,18-20,26H,5-10,12H2,1-4H3,(H,29,30,33). The Labute approximate surface area is 210 Å². The zero-order valence-electron chi connectivity index (χ0n) is 21.0. The number of methoxy groups -OCH3 is 1. The number of thiazole rings is 1. The lowest BCUT2D eigenvalue weighted by Crippen LogP contribution is -2.44. The number of hydrogen-bond acceptors (Lipinski definition) is 6. The van der Waals surface area contributed by atoms with Crippen LogP contribution in [0.15, 0.2) is 18.3 Å². The van der Waals surface area contributed by atoms with Crippen molar-refractivity contribution >= 4 is 33.9 Å². The summed E-state index contributed by atoms with van der Waals surface area (Å²) >= 11 is 1.48. The van der Waals surface area contributed by atoms with E-state index in [2.05, 4.69) is 29.4 Å². The number of fused-ring (bicyclic) bond motifs is 5. The van der Waals surface area contributed by atoms with E-state index in [9.17, 15) is 14.4 Å². The molecule has 186 valence electrons. The zero-order chi connectivity index (χ0) is 24.9. The molecule has 2 aromatic rings. The van der Waals surface area contributed by atoms with Crippen LogP contribution in [0.4, 0.5) is 5.13 Å². The van der Waals surface area contributed by atoms with Crippen molar-refractivity contribution in [2.45, 2.75) is 71.6 Å². The summed E-state index contributed by atoms with van der Waals surface area (Å²) in [7, 11) is 1.62. The lowest BCUT2D eigenvalue weighted by Gasteiger charge is -2.50. The summed E-state index contributed by atoms with van der Waals surface area (Å²) in [5.74, 6) is 2.26. The number of nitrogens with zero attached hydrogens (tertiary/aromatic N) is 1. The van der Waals surface area contributed by atoms with Crippen molar-refractivity contribution in [3.63, 3.8) is 0 Å². The second kappa shape index (κ2) is 9.16. The summed E-state index contributed by atoms with van der Waals surface area (Å²) in [6, 6.07) is 4.11. The topological polar surface area (TPSA) is 85.4 Å². The third-order valence-corrected chi connectivity index (χ3v) is 9.71. The second-order valence-electron chi connectivity index (χ2n) is 10.8.